The highest BCUT2D eigenvalue weighted by molar-refractivity contribution is 5.53. The Morgan fingerprint density at radius 3 is 1.22 bits per heavy atom. The van der Waals surface area contributed by atoms with E-state index in [1.54, 1.807) is 0 Å². The van der Waals surface area contributed by atoms with Gasteiger partial charge in [-0.1, -0.05) is 133 Å². The minimum Gasteiger partial charge on any atom is -0.507 e. The Bertz CT molecular complexity index is 825. The van der Waals surface area contributed by atoms with E-state index in [0.717, 1.165) is 47.9 Å². The molecule has 0 aromatic heterocycles. The van der Waals surface area contributed by atoms with E-state index in [2.05, 4.69) is 58.9 Å². The maximum Gasteiger partial charge on any atom is 0.122 e. The second-order valence-corrected chi connectivity index (χ2v) is 11.2. The summed E-state index contributed by atoms with van der Waals surface area (Å²) in [5.41, 5.74) is 6.36. The number of rotatable bonds is 18. The lowest BCUT2D eigenvalue weighted by molar-refractivity contribution is 0.447. The maximum absolute atomic E-state index is 11.2. The molecule has 2 aromatic carbocycles. The molecule has 0 amide bonds. The van der Waals surface area contributed by atoms with Crippen LogP contribution in [-0.2, 0) is 12.8 Å². The average molecular weight is 495 g/mol. The van der Waals surface area contributed by atoms with E-state index in [-0.39, 0.29) is 5.92 Å². The van der Waals surface area contributed by atoms with Gasteiger partial charge in [-0.2, -0.15) is 0 Å². The molecule has 2 aromatic rings. The zero-order valence-corrected chi connectivity index (χ0v) is 24.1. The van der Waals surface area contributed by atoms with E-state index in [0.29, 0.717) is 11.5 Å². The number of hydrogen-bond acceptors (Lipinski definition) is 2. The lowest BCUT2D eigenvalue weighted by Crippen LogP contribution is -2.03. The van der Waals surface area contributed by atoms with Crippen molar-refractivity contribution < 1.29 is 10.2 Å². The fourth-order valence-electron chi connectivity index (χ4n) is 5.52. The lowest BCUT2D eigenvalue weighted by Gasteiger charge is -2.21. The van der Waals surface area contributed by atoms with Crippen molar-refractivity contribution in [3.63, 3.8) is 0 Å². The van der Waals surface area contributed by atoms with Crippen LogP contribution >= 0.6 is 0 Å². The third-order valence-electron chi connectivity index (χ3n) is 7.76. The van der Waals surface area contributed by atoms with Gasteiger partial charge in [0.25, 0.3) is 0 Å². The molecule has 0 saturated heterocycles. The normalized spacial score (nSPS) is 11.5. The SMILES string of the molecule is CCCCCCCCCc1cc(C)cc(C(C)c2cc(C)cc(CCCCCCCCC)c2O)c1O. The first-order valence-corrected chi connectivity index (χ1v) is 15.0. The van der Waals surface area contributed by atoms with Crippen LogP contribution in [0, 0.1) is 13.8 Å². The minimum atomic E-state index is -0.0506. The molecule has 2 rings (SSSR count). The molecule has 0 radical (unpaired) electrons. The van der Waals surface area contributed by atoms with Crippen LogP contribution in [0.5, 0.6) is 11.5 Å². The summed E-state index contributed by atoms with van der Waals surface area (Å²) in [6, 6.07) is 8.49. The Balaban J connectivity index is 2.06. The highest BCUT2D eigenvalue weighted by atomic mass is 16.3. The van der Waals surface area contributed by atoms with Gasteiger partial charge in [-0.3, -0.25) is 0 Å². The number of aryl methyl sites for hydroxylation is 4. The molecule has 0 aliphatic carbocycles. The zero-order chi connectivity index (χ0) is 26.3. The first-order chi connectivity index (χ1) is 17.4. The molecular formula is C34H54O2. The summed E-state index contributed by atoms with van der Waals surface area (Å²) in [5, 5.41) is 22.5. The van der Waals surface area contributed by atoms with Gasteiger partial charge in [0.15, 0.2) is 0 Å². The Labute approximate surface area is 222 Å². The summed E-state index contributed by atoms with van der Waals surface area (Å²) in [5.74, 6) is 0.799. The third-order valence-corrected chi connectivity index (χ3v) is 7.76. The average Bonchev–Trinajstić information content (AvgIpc) is 2.86. The highest BCUT2D eigenvalue weighted by Crippen LogP contribution is 2.40. The van der Waals surface area contributed by atoms with Crippen LogP contribution in [0.2, 0.25) is 0 Å². The zero-order valence-electron chi connectivity index (χ0n) is 24.1. The third kappa shape index (κ3) is 9.83. The van der Waals surface area contributed by atoms with Crippen LogP contribution in [0.3, 0.4) is 0 Å². The van der Waals surface area contributed by atoms with Gasteiger partial charge in [0.05, 0.1) is 0 Å². The van der Waals surface area contributed by atoms with Gasteiger partial charge >= 0.3 is 0 Å². The molecule has 2 nitrogen and oxygen atoms in total. The molecule has 0 aliphatic rings. The van der Waals surface area contributed by atoms with Crippen molar-refractivity contribution >= 4 is 0 Å². The first kappa shape index (κ1) is 30.3. The van der Waals surface area contributed by atoms with Crippen LogP contribution in [0.4, 0.5) is 0 Å². The molecule has 0 bridgehead atoms. The van der Waals surface area contributed by atoms with Gasteiger partial charge < -0.3 is 10.2 Å². The number of aromatic hydroxyl groups is 2. The van der Waals surface area contributed by atoms with Crippen molar-refractivity contribution in [3.05, 3.63) is 57.6 Å². The number of unbranched alkanes of at least 4 members (excludes halogenated alkanes) is 12. The van der Waals surface area contributed by atoms with Crippen molar-refractivity contribution in [3.8, 4) is 11.5 Å². The summed E-state index contributed by atoms with van der Waals surface area (Å²) < 4.78 is 0. The fraction of sp³-hybridized carbons (Fsp3) is 0.647. The predicted octanol–water partition coefficient (Wildman–Crippen LogP) is 10.5. The van der Waals surface area contributed by atoms with Crippen LogP contribution in [0.15, 0.2) is 24.3 Å². The van der Waals surface area contributed by atoms with Gasteiger partial charge in [-0.15, -0.1) is 0 Å². The second kappa shape index (κ2) is 16.7. The maximum atomic E-state index is 11.2. The highest BCUT2D eigenvalue weighted by Gasteiger charge is 2.21. The molecule has 0 fully saturated rings. The molecule has 2 heteroatoms. The molecule has 2 N–H and O–H groups in total. The van der Waals surface area contributed by atoms with E-state index in [1.807, 2.05) is 0 Å². The van der Waals surface area contributed by atoms with Crippen molar-refractivity contribution in [2.75, 3.05) is 0 Å². The Morgan fingerprint density at radius 1 is 0.528 bits per heavy atom. The molecule has 202 valence electrons. The van der Waals surface area contributed by atoms with Crippen LogP contribution in [-0.4, -0.2) is 10.2 Å². The summed E-state index contributed by atoms with van der Waals surface area (Å²) >= 11 is 0. The largest absolute Gasteiger partial charge is 0.507 e. The van der Waals surface area contributed by atoms with Gasteiger partial charge in [0.1, 0.15) is 11.5 Å². The topological polar surface area (TPSA) is 40.5 Å². The summed E-state index contributed by atoms with van der Waals surface area (Å²) in [7, 11) is 0. The second-order valence-electron chi connectivity index (χ2n) is 11.2. The summed E-state index contributed by atoms with van der Waals surface area (Å²) in [6.07, 6.45) is 19.7. The van der Waals surface area contributed by atoms with Crippen molar-refractivity contribution in [2.45, 2.75) is 143 Å². The molecule has 0 unspecified atom stereocenters. The molecule has 0 atom stereocenters. The lowest BCUT2D eigenvalue weighted by atomic mass is 9.86. The van der Waals surface area contributed by atoms with Crippen LogP contribution in [0.1, 0.15) is 150 Å². The predicted molar refractivity (Wildman–Crippen MR) is 157 cm³/mol. The van der Waals surface area contributed by atoms with Gasteiger partial charge in [0.2, 0.25) is 0 Å². The molecule has 36 heavy (non-hydrogen) atoms. The molecule has 0 heterocycles. The summed E-state index contributed by atoms with van der Waals surface area (Å²) in [6.45, 7) is 10.9. The van der Waals surface area contributed by atoms with Crippen LogP contribution < -0.4 is 0 Å². The standard InChI is InChI=1S/C34H54O2/c1-6-8-10-12-14-16-18-20-29-22-26(3)24-31(33(29)35)28(5)32-25-27(4)23-30(34(32)36)21-19-17-15-13-11-9-7-2/h22-25,28,35-36H,6-21H2,1-5H3. The fourth-order valence-corrected chi connectivity index (χ4v) is 5.52. The van der Waals surface area contributed by atoms with E-state index < -0.39 is 0 Å². The summed E-state index contributed by atoms with van der Waals surface area (Å²) in [4.78, 5) is 0. The van der Waals surface area contributed by atoms with Gasteiger partial charge in [-0.05, 0) is 50.7 Å². The van der Waals surface area contributed by atoms with E-state index in [4.69, 9.17) is 0 Å². The molecule has 0 spiro atoms. The Hall–Kier alpha value is -1.96. The quantitative estimate of drug-likeness (QED) is 0.202. The van der Waals surface area contributed by atoms with E-state index in [9.17, 15) is 10.2 Å². The number of phenolic OH excluding ortho intramolecular Hbond substituents is 2. The first-order valence-electron chi connectivity index (χ1n) is 15.0. The smallest absolute Gasteiger partial charge is 0.122 e. The van der Waals surface area contributed by atoms with Crippen molar-refractivity contribution in [2.24, 2.45) is 0 Å². The monoisotopic (exact) mass is 494 g/mol. The number of benzene rings is 2. The van der Waals surface area contributed by atoms with Crippen molar-refractivity contribution in [1.82, 2.24) is 0 Å². The van der Waals surface area contributed by atoms with Crippen molar-refractivity contribution in [1.29, 1.82) is 0 Å². The minimum absolute atomic E-state index is 0.0506. The van der Waals surface area contributed by atoms with E-state index >= 15 is 0 Å². The van der Waals surface area contributed by atoms with Crippen LogP contribution in [0.25, 0.3) is 0 Å². The Morgan fingerprint density at radius 2 is 0.861 bits per heavy atom. The Kier molecular flexibility index (Phi) is 14.1. The molecular weight excluding hydrogens is 440 g/mol. The van der Waals surface area contributed by atoms with Gasteiger partial charge in [0, 0.05) is 17.0 Å². The van der Waals surface area contributed by atoms with Gasteiger partial charge in [-0.25, -0.2) is 0 Å². The number of phenols is 2. The molecule has 0 aliphatic heterocycles. The number of hydrogen-bond donors (Lipinski definition) is 2. The van der Waals surface area contributed by atoms with E-state index in [1.165, 1.54) is 88.2 Å². The molecule has 0 saturated carbocycles.